The molecule has 0 fully saturated rings. The fraction of sp³-hybridized carbons (Fsp3) is 0.200. The zero-order valence-electron chi connectivity index (χ0n) is 15.2. The van der Waals surface area contributed by atoms with Gasteiger partial charge in [0.05, 0.1) is 29.8 Å². The third-order valence-corrected chi connectivity index (χ3v) is 4.17. The lowest BCUT2D eigenvalue weighted by Gasteiger charge is -2.19. The lowest BCUT2D eigenvalue weighted by Crippen LogP contribution is -2.16. The number of aromatic nitrogens is 2. The maximum absolute atomic E-state index is 13.4. The van der Waals surface area contributed by atoms with Gasteiger partial charge in [-0.05, 0) is 43.7 Å². The zero-order chi connectivity index (χ0) is 20.3. The van der Waals surface area contributed by atoms with E-state index in [1.54, 1.807) is 32.0 Å². The molecule has 0 aliphatic carbocycles. The third kappa shape index (κ3) is 4.51. The molecule has 1 amide bonds. The Balaban J connectivity index is 1.76. The van der Waals surface area contributed by atoms with E-state index < -0.39 is 23.7 Å². The van der Waals surface area contributed by atoms with Crippen LogP contribution in [-0.4, -0.2) is 15.7 Å². The first-order chi connectivity index (χ1) is 13.2. The van der Waals surface area contributed by atoms with Crippen LogP contribution in [0, 0.1) is 6.92 Å². The van der Waals surface area contributed by atoms with Crippen molar-refractivity contribution in [2.45, 2.75) is 26.1 Å². The van der Waals surface area contributed by atoms with Gasteiger partial charge in [0.15, 0.2) is 0 Å². The Morgan fingerprint density at radius 3 is 2.79 bits per heavy atom. The number of benzene rings is 1. The highest BCUT2D eigenvalue weighted by Crippen LogP contribution is 2.36. The second-order valence-corrected chi connectivity index (χ2v) is 6.31. The number of hydrogen-bond donors (Lipinski definition) is 1. The normalized spacial score (nSPS) is 13.0. The van der Waals surface area contributed by atoms with E-state index in [1.165, 1.54) is 41.6 Å². The summed E-state index contributed by atoms with van der Waals surface area (Å²) in [5.74, 6) is 0.119. The van der Waals surface area contributed by atoms with Gasteiger partial charge in [0.1, 0.15) is 5.76 Å². The van der Waals surface area contributed by atoms with Crippen LogP contribution in [0.15, 0.2) is 59.5 Å². The quantitative estimate of drug-likeness (QED) is 0.620. The summed E-state index contributed by atoms with van der Waals surface area (Å²) in [5, 5.41) is 6.71. The van der Waals surface area contributed by atoms with Crippen LogP contribution in [-0.2, 0) is 11.0 Å². The Kier molecular flexibility index (Phi) is 5.39. The Hall–Kier alpha value is -3.29. The molecule has 146 valence electrons. The number of nitrogens with one attached hydrogen (secondary N) is 1. The number of carbonyl (C=O) groups is 1. The predicted octanol–water partition coefficient (Wildman–Crippen LogP) is 5.06. The second-order valence-electron chi connectivity index (χ2n) is 6.31. The Morgan fingerprint density at radius 2 is 2.11 bits per heavy atom. The number of rotatable bonds is 5. The number of aryl methyl sites for hydroxylation is 1. The molecule has 0 saturated heterocycles. The van der Waals surface area contributed by atoms with Crippen molar-refractivity contribution in [1.29, 1.82) is 0 Å². The maximum Gasteiger partial charge on any atom is 0.416 e. The molecule has 5 nitrogen and oxygen atoms in total. The van der Waals surface area contributed by atoms with Gasteiger partial charge < -0.3 is 9.73 Å². The number of anilines is 1. The van der Waals surface area contributed by atoms with Gasteiger partial charge in [0, 0.05) is 12.3 Å². The highest BCUT2D eigenvalue weighted by Gasteiger charge is 2.35. The molecule has 0 aliphatic heterocycles. The minimum absolute atomic E-state index is 0.108. The van der Waals surface area contributed by atoms with Crippen molar-refractivity contribution in [1.82, 2.24) is 9.78 Å². The smallest absolute Gasteiger partial charge is 0.416 e. The minimum atomic E-state index is -4.46. The SMILES string of the molecule is Cc1ccc([C@@H](C)n2cc(NC(=O)/C=C/c3ccco3)cn2)c(C(F)(F)F)c1. The van der Waals surface area contributed by atoms with Gasteiger partial charge in [-0.2, -0.15) is 18.3 Å². The lowest BCUT2D eigenvalue weighted by atomic mass is 9.99. The first-order valence-electron chi connectivity index (χ1n) is 8.48. The molecule has 1 aromatic carbocycles. The molecule has 0 unspecified atom stereocenters. The Labute approximate surface area is 159 Å². The molecule has 0 radical (unpaired) electrons. The molecule has 0 saturated carbocycles. The van der Waals surface area contributed by atoms with E-state index in [0.29, 0.717) is 17.0 Å². The Bertz CT molecular complexity index is 989. The van der Waals surface area contributed by atoms with Crippen molar-refractivity contribution < 1.29 is 22.4 Å². The third-order valence-electron chi connectivity index (χ3n) is 4.17. The van der Waals surface area contributed by atoms with Crippen LogP contribution in [0.5, 0.6) is 0 Å². The molecule has 3 rings (SSSR count). The largest absolute Gasteiger partial charge is 0.465 e. The summed E-state index contributed by atoms with van der Waals surface area (Å²) in [6.45, 7) is 3.23. The number of alkyl halides is 3. The molecule has 3 aromatic rings. The molecule has 1 atom stereocenters. The van der Waals surface area contributed by atoms with Crippen LogP contribution in [0.4, 0.5) is 18.9 Å². The van der Waals surface area contributed by atoms with Crippen molar-refractivity contribution >= 4 is 17.7 Å². The van der Waals surface area contributed by atoms with Crippen LogP contribution in [0.1, 0.15) is 35.4 Å². The van der Waals surface area contributed by atoms with E-state index in [-0.39, 0.29) is 5.56 Å². The molecule has 28 heavy (non-hydrogen) atoms. The number of halogens is 3. The molecule has 0 spiro atoms. The summed E-state index contributed by atoms with van der Waals surface area (Å²) in [7, 11) is 0. The summed E-state index contributed by atoms with van der Waals surface area (Å²) < 4.78 is 46.6. The first-order valence-corrected chi connectivity index (χ1v) is 8.48. The molecule has 2 heterocycles. The van der Waals surface area contributed by atoms with E-state index in [9.17, 15) is 18.0 Å². The molecule has 1 N–H and O–H groups in total. The van der Waals surface area contributed by atoms with E-state index in [4.69, 9.17) is 4.42 Å². The number of carbonyl (C=O) groups excluding carboxylic acids is 1. The van der Waals surface area contributed by atoms with Crippen LogP contribution in [0.2, 0.25) is 0 Å². The Morgan fingerprint density at radius 1 is 1.32 bits per heavy atom. The van der Waals surface area contributed by atoms with Gasteiger partial charge in [-0.3, -0.25) is 9.48 Å². The fourth-order valence-electron chi connectivity index (χ4n) is 2.76. The van der Waals surface area contributed by atoms with Gasteiger partial charge in [0.2, 0.25) is 5.91 Å². The summed E-state index contributed by atoms with van der Waals surface area (Å²) in [6, 6.07) is 6.94. The van der Waals surface area contributed by atoms with E-state index >= 15 is 0 Å². The van der Waals surface area contributed by atoms with Gasteiger partial charge in [0.25, 0.3) is 0 Å². The summed E-state index contributed by atoms with van der Waals surface area (Å²) >= 11 is 0. The lowest BCUT2D eigenvalue weighted by molar-refractivity contribution is -0.138. The second kappa shape index (κ2) is 7.75. The van der Waals surface area contributed by atoms with Gasteiger partial charge in [-0.1, -0.05) is 17.7 Å². The van der Waals surface area contributed by atoms with E-state index in [1.807, 2.05) is 0 Å². The molecule has 0 bridgehead atoms. The number of furan rings is 1. The van der Waals surface area contributed by atoms with Crippen molar-refractivity contribution in [3.8, 4) is 0 Å². The molecule has 2 aromatic heterocycles. The number of nitrogens with zero attached hydrogens (tertiary/aromatic N) is 2. The monoisotopic (exact) mass is 389 g/mol. The fourth-order valence-corrected chi connectivity index (χ4v) is 2.76. The number of amides is 1. The average molecular weight is 389 g/mol. The average Bonchev–Trinajstić information content (AvgIpc) is 3.30. The van der Waals surface area contributed by atoms with Gasteiger partial charge in [-0.15, -0.1) is 0 Å². The summed E-state index contributed by atoms with van der Waals surface area (Å²) in [4.78, 5) is 12.0. The van der Waals surface area contributed by atoms with Crippen molar-refractivity contribution in [2.24, 2.45) is 0 Å². The standard InChI is InChI=1S/C20H18F3N3O2/c1-13-5-7-17(18(10-13)20(21,22)23)14(2)26-12-15(11-24-26)25-19(27)8-6-16-4-3-9-28-16/h3-12,14H,1-2H3,(H,25,27)/b8-6+/t14-/m1/s1. The topological polar surface area (TPSA) is 60.1 Å². The zero-order valence-corrected chi connectivity index (χ0v) is 15.2. The van der Waals surface area contributed by atoms with E-state index in [0.717, 1.165) is 6.07 Å². The van der Waals surface area contributed by atoms with Gasteiger partial charge in [-0.25, -0.2) is 0 Å². The summed E-state index contributed by atoms with van der Waals surface area (Å²) in [5.41, 5.74) is 0.320. The van der Waals surface area contributed by atoms with Crippen molar-refractivity contribution in [2.75, 3.05) is 5.32 Å². The van der Waals surface area contributed by atoms with E-state index in [2.05, 4.69) is 10.4 Å². The predicted molar refractivity (Wildman–Crippen MR) is 98.6 cm³/mol. The highest BCUT2D eigenvalue weighted by atomic mass is 19.4. The van der Waals surface area contributed by atoms with Crippen LogP contribution in [0.25, 0.3) is 6.08 Å². The van der Waals surface area contributed by atoms with Crippen LogP contribution in [0.3, 0.4) is 0 Å². The maximum atomic E-state index is 13.4. The summed E-state index contributed by atoms with van der Waals surface area (Å²) in [6.07, 6.45) is 2.70. The first kappa shape index (κ1) is 19.5. The van der Waals surface area contributed by atoms with Gasteiger partial charge >= 0.3 is 6.18 Å². The number of hydrogen-bond acceptors (Lipinski definition) is 3. The van der Waals surface area contributed by atoms with Crippen molar-refractivity contribution in [3.05, 3.63) is 77.5 Å². The highest BCUT2D eigenvalue weighted by molar-refractivity contribution is 6.01. The molecular weight excluding hydrogens is 371 g/mol. The van der Waals surface area contributed by atoms with Crippen LogP contribution < -0.4 is 5.32 Å². The van der Waals surface area contributed by atoms with Crippen LogP contribution >= 0.6 is 0 Å². The minimum Gasteiger partial charge on any atom is -0.465 e. The molecule has 8 heteroatoms. The molecule has 0 aliphatic rings. The molecular formula is C20H18F3N3O2. The van der Waals surface area contributed by atoms with Crippen molar-refractivity contribution in [3.63, 3.8) is 0 Å².